The van der Waals surface area contributed by atoms with Crippen LogP contribution in [0.25, 0.3) is 11.0 Å². The van der Waals surface area contributed by atoms with Crippen molar-refractivity contribution in [1.29, 1.82) is 0 Å². The van der Waals surface area contributed by atoms with E-state index in [2.05, 4.69) is 32.2 Å². The highest BCUT2D eigenvalue weighted by Crippen LogP contribution is 2.30. The first kappa shape index (κ1) is 21.4. The molecular formula is C25H23N7O2. The molecular weight excluding hydrogens is 430 g/mol. The van der Waals surface area contributed by atoms with Crippen molar-refractivity contribution in [3.63, 3.8) is 0 Å². The molecule has 0 saturated carbocycles. The highest BCUT2D eigenvalue weighted by Gasteiger charge is 2.31. The second-order valence-corrected chi connectivity index (χ2v) is 8.01. The first-order chi connectivity index (χ1) is 16.5. The first-order valence-electron chi connectivity index (χ1n) is 10.8. The van der Waals surface area contributed by atoms with Crippen LogP contribution in [0.4, 0.5) is 16.3 Å². The van der Waals surface area contributed by atoms with Gasteiger partial charge in [-0.1, -0.05) is 42.3 Å². The zero-order valence-corrected chi connectivity index (χ0v) is 18.8. The molecule has 0 bridgehead atoms. The average Bonchev–Trinajstić information content (AvgIpc) is 3.46. The van der Waals surface area contributed by atoms with Gasteiger partial charge in [0.1, 0.15) is 17.8 Å². The lowest BCUT2D eigenvalue weighted by atomic mass is 10.1. The summed E-state index contributed by atoms with van der Waals surface area (Å²) >= 11 is 0. The zero-order chi connectivity index (χ0) is 23.7. The summed E-state index contributed by atoms with van der Waals surface area (Å²) in [6, 6.07) is 15.0. The Balaban J connectivity index is 1.39. The summed E-state index contributed by atoms with van der Waals surface area (Å²) in [5.41, 5.74) is 10.5. The van der Waals surface area contributed by atoms with Crippen molar-refractivity contribution in [2.45, 2.75) is 19.4 Å². The van der Waals surface area contributed by atoms with Gasteiger partial charge in [-0.05, 0) is 36.1 Å². The Morgan fingerprint density at radius 1 is 1.18 bits per heavy atom. The standard InChI is InChI=1S/C25H23N7O2/c1-16-8-10-19(29-25(33)32-21(12-13-34-32)17-6-4-3-5-7-17)14-18(16)9-11-20-22-23(26)27-15-28-24(22)31(2)30-20/h3-8,10,14-15,21H,12-13H2,1-2H3,(H,29,33)(H2,26,27,28)/t21-/m1/s1. The van der Waals surface area contributed by atoms with Crippen molar-refractivity contribution >= 4 is 28.6 Å². The van der Waals surface area contributed by atoms with Crippen LogP contribution in [0.1, 0.15) is 34.8 Å². The van der Waals surface area contributed by atoms with E-state index in [1.807, 2.05) is 55.5 Å². The van der Waals surface area contributed by atoms with E-state index in [0.717, 1.165) is 23.1 Å². The van der Waals surface area contributed by atoms with E-state index in [9.17, 15) is 4.79 Å². The molecule has 9 heteroatoms. The predicted molar refractivity (Wildman–Crippen MR) is 128 cm³/mol. The van der Waals surface area contributed by atoms with E-state index in [0.29, 0.717) is 34.8 Å². The van der Waals surface area contributed by atoms with Gasteiger partial charge in [0.15, 0.2) is 5.65 Å². The van der Waals surface area contributed by atoms with E-state index >= 15 is 0 Å². The zero-order valence-electron chi connectivity index (χ0n) is 18.8. The molecule has 9 nitrogen and oxygen atoms in total. The van der Waals surface area contributed by atoms with Gasteiger partial charge in [-0.3, -0.25) is 4.84 Å². The molecule has 3 heterocycles. The van der Waals surface area contributed by atoms with Gasteiger partial charge in [-0.25, -0.2) is 19.4 Å². The van der Waals surface area contributed by atoms with Gasteiger partial charge in [0.05, 0.1) is 18.0 Å². The number of carbonyl (C=O) groups excluding carboxylic acids is 1. The number of amides is 2. The lowest BCUT2D eigenvalue weighted by molar-refractivity contribution is -0.0829. The molecule has 0 spiro atoms. The molecule has 2 aromatic heterocycles. The molecule has 1 atom stereocenters. The number of benzene rings is 2. The summed E-state index contributed by atoms with van der Waals surface area (Å²) in [4.78, 5) is 26.9. The quantitative estimate of drug-likeness (QED) is 0.449. The van der Waals surface area contributed by atoms with Gasteiger partial charge in [-0.2, -0.15) is 10.2 Å². The number of fused-ring (bicyclic) bond motifs is 1. The third-order valence-corrected chi connectivity index (χ3v) is 5.74. The minimum absolute atomic E-state index is 0.129. The van der Waals surface area contributed by atoms with Crippen LogP contribution in [0.15, 0.2) is 54.9 Å². The van der Waals surface area contributed by atoms with Crippen LogP contribution in [0.3, 0.4) is 0 Å². The van der Waals surface area contributed by atoms with Crippen molar-refractivity contribution in [1.82, 2.24) is 24.8 Å². The van der Waals surface area contributed by atoms with Crippen molar-refractivity contribution < 1.29 is 9.63 Å². The Labute approximate surface area is 196 Å². The Hall–Kier alpha value is -4.42. The molecule has 2 amide bonds. The SMILES string of the molecule is Cc1ccc(NC(=O)N2OCC[C@@H]2c2ccccc2)cc1C#Cc1nn(C)c2ncnc(N)c12. The molecule has 34 heavy (non-hydrogen) atoms. The number of carbonyl (C=O) groups is 1. The Bertz CT molecular complexity index is 1440. The fraction of sp³-hybridized carbons (Fsp3) is 0.200. The van der Waals surface area contributed by atoms with Crippen molar-refractivity contribution in [2.24, 2.45) is 7.05 Å². The molecule has 1 fully saturated rings. The number of hydrogen-bond donors (Lipinski definition) is 2. The minimum atomic E-state index is -0.324. The van der Waals surface area contributed by atoms with Gasteiger partial charge < -0.3 is 11.1 Å². The van der Waals surface area contributed by atoms with Crippen LogP contribution < -0.4 is 11.1 Å². The maximum Gasteiger partial charge on any atom is 0.346 e. The number of nitrogens with two attached hydrogens (primary N) is 1. The van der Waals surface area contributed by atoms with Crippen LogP contribution in [0.5, 0.6) is 0 Å². The summed E-state index contributed by atoms with van der Waals surface area (Å²) in [5.74, 6) is 6.56. The molecule has 1 aliphatic rings. The number of urea groups is 1. The van der Waals surface area contributed by atoms with Crippen LogP contribution in [0, 0.1) is 18.8 Å². The van der Waals surface area contributed by atoms with Gasteiger partial charge in [0.2, 0.25) is 0 Å². The van der Waals surface area contributed by atoms with Crippen LogP contribution in [-0.4, -0.2) is 37.4 Å². The number of rotatable bonds is 2. The molecule has 3 N–H and O–H groups in total. The molecule has 0 aliphatic carbocycles. The topological polar surface area (TPSA) is 111 Å². The number of aryl methyl sites for hydroxylation is 2. The van der Waals surface area contributed by atoms with E-state index in [1.54, 1.807) is 11.7 Å². The first-order valence-corrected chi connectivity index (χ1v) is 10.8. The van der Waals surface area contributed by atoms with Crippen molar-refractivity contribution in [3.8, 4) is 11.8 Å². The van der Waals surface area contributed by atoms with Gasteiger partial charge >= 0.3 is 6.03 Å². The van der Waals surface area contributed by atoms with E-state index in [1.165, 1.54) is 11.4 Å². The Kier molecular flexibility index (Phi) is 5.57. The van der Waals surface area contributed by atoms with Crippen LogP contribution >= 0.6 is 0 Å². The van der Waals surface area contributed by atoms with Gasteiger partial charge in [0, 0.05) is 24.7 Å². The maximum absolute atomic E-state index is 13.0. The Morgan fingerprint density at radius 2 is 2.00 bits per heavy atom. The van der Waals surface area contributed by atoms with E-state index < -0.39 is 0 Å². The van der Waals surface area contributed by atoms with E-state index in [-0.39, 0.29) is 12.1 Å². The lowest BCUT2D eigenvalue weighted by Crippen LogP contribution is -2.33. The van der Waals surface area contributed by atoms with Crippen LogP contribution in [-0.2, 0) is 11.9 Å². The normalized spacial score (nSPS) is 15.2. The molecule has 1 aliphatic heterocycles. The monoisotopic (exact) mass is 453 g/mol. The maximum atomic E-state index is 13.0. The molecule has 1 saturated heterocycles. The predicted octanol–water partition coefficient (Wildman–Crippen LogP) is 3.56. The summed E-state index contributed by atoms with van der Waals surface area (Å²) in [5, 5.41) is 9.38. The molecule has 2 aromatic carbocycles. The minimum Gasteiger partial charge on any atom is -0.383 e. The number of nitrogen functional groups attached to an aromatic ring is 1. The molecule has 170 valence electrons. The molecule has 4 aromatic rings. The van der Waals surface area contributed by atoms with Crippen molar-refractivity contribution in [3.05, 3.63) is 77.2 Å². The number of hydrogen-bond acceptors (Lipinski definition) is 6. The Morgan fingerprint density at radius 3 is 2.82 bits per heavy atom. The third kappa shape index (κ3) is 4.02. The lowest BCUT2D eigenvalue weighted by Gasteiger charge is -2.23. The highest BCUT2D eigenvalue weighted by atomic mass is 16.7. The molecule has 0 radical (unpaired) electrons. The number of hydroxylamine groups is 2. The van der Waals surface area contributed by atoms with Crippen molar-refractivity contribution in [2.75, 3.05) is 17.7 Å². The fourth-order valence-electron chi connectivity index (χ4n) is 3.98. The number of nitrogens with one attached hydrogen (secondary N) is 1. The summed E-state index contributed by atoms with van der Waals surface area (Å²) in [7, 11) is 1.78. The molecule has 5 rings (SSSR count). The highest BCUT2D eigenvalue weighted by molar-refractivity contribution is 5.91. The number of nitrogens with zero attached hydrogens (tertiary/aromatic N) is 5. The van der Waals surface area contributed by atoms with Gasteiger partial charge in [-0.15, -0.1) is 0 Å². The second kappa shape index (κ2) is 8.84. The fourth-order valence-corrected chi connectivity index (χ4v) is 3.98. The number of anilines is 2. The summed E-state index contributed by atoms with van der Waals surface area (Å²) in [6.07, 6.45) is 2.15. The smallest absolute Gasteiger partial charge is 0.346 e. The number of aromatic nitrogens is 4. The van der Waals surface area contributed by atoms with E-state index in [4.69, 9.17) is 10.6 Å². The largest absolute Gasteiger partial charge is 0.383 e. The van der Waals surface area contributed by atoms with Crippen LogP contribution in [0.2, 0.25) is 0 Å². The second-order valence-electron chi connectivity index (χ2n) is 8.01. The average molecular weight is 454 g/mol. The summed E-state index contributed by atoms with van der Waals surface area (Å²) in [6.45, 7) is 2.45. The summed E-state index contributed by atoms with van der Waals surface area (Å²) < 4.78 is 1.63. The van der Waals surface area contributed by atoms with Gasteiger partial charge in [0.25, 0.3) is 0 Å². The molecule has 0 unspecified atom stereocenters. The third-order valence-electron chi connectivity index (χ3n) is 5.74.